The first-order chi connectivity index (χ1) is 13.1. The van der Waals surface area contributed by atoms with Gasteiger partial charge in [0.15, 0.2) is 11.5 Å². The van der Waals surface area contributed by atoms with Gasteiger partial charge in [-0.25, -0.2) is 4.98 Å². The molecule has 1 aliphatic rings. The molecule has 0 spiro atoms. The SMILES string of the molecule is COc1ccc(C2CC(=O)N(c3cccc(N)c3)C2)cc1Oc1nccs1. The Morgan fingerprint density at radius 1 is 1.22 bits per heavy atom. The predicted octanol–water partition coefficient (Wildman–Crippen LogP) is 4.05. The third-order valence-corrected chi connectivity index (χ3v) is 5.22. The van der Waals surface area contributed by atoms with Crippen molar-refractivity contribution < 1.29 is 14.3 Å². The summed E-state index contributed by atoms with van der Waals surface area (Å²) >= 11 is 1.41. The van der Waals surface area contributed by atoms with Crippen LogP contribution in [0.4, 0.5) is 11.4 Å². The van der Waals surface area contributed by atoms with Crippen LogP contribution in [-0.4, -0.2) is 24.5 Å². The number of thiazole rings is 1. The maximum Gasteiger partial charge on any atom is 0.278 e. The molecule has 1 amide bonds. The number of hydrogen-bond donors (Lipinski definition) is 1. The first kappa shape index (κ1) is 17.4. The lowest BCUT2D eigenvalue weighted by Crippen LogP contribution is -2.24. The number of hydrogen-bond acceptors (Lipinski definition) is 6. The van der Waals surface area contributed by atoms with E-state index >= 15 is 0 Å². The van der Waals surface area contributed by atoms with Crippen LogP contribution in [0.3, 0.4) is 0 Å². The fourth-order valence-corrected chi connectivity index (χ4v) is 3.75. The number of nitrogens with two attached hydrogens (primary N) is 1. The first-order valence-corrected chi connectivity index (χ1v) is 9.43. The summed E-state index contributed by atoms with van der Waals surface area (Å²) in [5, 5.41) is 2.40. The fraction of sp³-hybridized carbons (Fsp3) is 0.200. The van der Waals surface area contributed by atoms with E-state index in [1.165, 1.54) is 11.3 Å². The van der Waals surface area contributed by atoms with Crippen molar-refractivity contribution in [3.05, 3.63) is 59.6 Å². The third kappa shape index (κ3) is 3.59. The van der Waals surface area contributed by atoms with Gasteiger partial charge in [0, 0.05) is 41.8 Å². The largest absolute Gasteiger partial charge is 0.493 e. The Morgan fingerprint density at radius 3 is 2.85 bits per heavy atom. The highest BCUT2D eigenvalue weighted by Gasteiger charge is 2.32. The highest BCUT2D eigenvalue weighted by atomic mass is 32.1. The van der Waals surface area contributed by atoms with Gasteiger partial charge in [-0.15, -0.1) is 0 Å². The summed E-state index contributed by atoms with van der Waals surface area (Å²) in [6, 6.07) is 13.2. The number of methoxy groups -OCH3 is 1. The van der Waals surface area contributed by atoms with Crippen LogP contribution >= 0.6 is 11.3 Å². The van der Waals surface area contributed by atoms with E-state index in [4.69, 9.17) is 15.2 Å². The summed E-state index contributed by atoms with van der Waals surface area (Å²) in [6.45, 7) is 0.602. The van der Waals surface area contributed by atoms with Crippen LogP contribution in [0.5, 0.6) is 16.7 Å². The van der Waals surface area contributed by atoms with Crippen molar-refractivity contribution in [1.82, 2.24) is 4.98 Å². The second kappa shape index (κ2) is 7.28. The van der Waals surface area contributed by atoms with E-state index in [2.05, 4.69) is 4.98 Å². The second-order valence-electron chi connectivity index (χ2n) is 6.31. The fourth-order valence-electron chi connectivity index (χ4n) is 3.25. The van der Waals surface area contributed by atoms with E-state index in [9.17, 15) is 4.79 Å². The minimum Gasteiger partial charge on any atom is -0.493 e. The van der Waals surface area contributed by atoms with E-state index in [-0.39, 0.29) is 11.8 Å². The molecule has 138 valence electrons. The van der Waals surface area contributed by atoms with Crippen LogP contribution in [0.1, 0.15) is 17.9 Å². The van der Waals surface area contributed by atoms with E-state index in [0.29, 0.717) is 35.3 Å². The van der Waals surface area contributed by atoms with E-state index < -0.39 is 0 Å². The van der Waals surface area contributed by atoms with Crippen LogP contribution < -0.4 is 20.1 Å². The Labute approximate surface area is 161 Å². The molecule has 1 aromatic heterocycles. The molecule has 7 heteroatoms. The molecule has 1 fully saturated rings. The van der Waals surface area contributed by atoms with Crippen molar-refractivity contribution >= 4 is 28.6 Å². The lowest BCUT2D eigenvalue weighted by Gasteiger charge is -2.18. The van der Waals surface area contributed by atoms with Gasteiger partial charge in [0.1, 0.15) is 0 Å². The number of anilines is 2. The molecule has 0 saturated carbocycles. The van der Waals surface area contributed by atoms with Gasteiger partial charge in [-0.05, 0) is 35.9 Å². The lowest BCUT2D eigenvalue weighted by molar-refractivity contribution is -0.117. The minimum atomic E-state index is 0.0727. The quantitative estimate of drug-likeness (QED) is 0.675. The first-order valence-electron chi connectivity index (χ1n) is 8.55. The zero-order valence-corrected chi connectivity index (χ0v) is 15.6. The lowest BCUT2D eigenvalue weighted by atomic mass is 9.98. The van der Waals surface area contributed by atoms with E-state index in [1.54, 1.807) is 18.2 Å². The van der Waals surface area contributed by atoms with Crippen LogP contribution in [0.15, 0.2) is 54.0 Å². The molecule has 2 N–H and O–H groups in total. The summed E-state index contributed by atoms with van der Waals surface area (Å²) in [6.07, 6.45) is 2.13. The van der Waals surface area contributed by atoms with Crippen molar-refractivity contribution in [2.24, 2.45) is 0 Å². The highest BCUT2D eigenvalue weighted by Crippen LogP contribution is 2.38. The molecule has 1 unspecified atom stereocenters. The molecule has 0 bridgehead atoms. The minimum absolute atomic E-state index is 0.0727. The van der Waals surface area contributed by atoms with Gasteiger partial charge in [-0.3, -0.25) is 4.79 Å². The number of ether oxygens (including phenoxy) is 2. The monoisotopic (exact) mass is 381 g/mol. The molecule has 27 heavy (non-hydrogen) atoms. The van der Waals surface area contributed by atoms with Crippen LogP contribution in [0.25, 0.3) is 0 Å². The molecule has 6 nitrogen and oxygen atoms in total. The summed E-state index contributed by atoms with van der Waals surface area (Å²) in [5.41, 5.74) is 8.36. The standard InChI is InChI=1S/C20H19N3O3S/c1-25-17-6-5-13(9-18(17)26-20-22-7-8-27-20)14-10-19(24)23(12-14)16-4-2-3-15(21)11-16/h2-9,11,14H,10,12,21H2,1H3. The number of amides is 1. The molecule has 1 saturated heterocycles. The smallest absolute Gasteiger partial charge is 0.278 e. The van der Waals surface area contributed by atoms with E-state index in [1.807, 2.05) is 47.8 Å². The molecule has 2 heterocycles. The number of rotatable bonds is 5. The molecule has 1 atom stereocenters. The molecular formula is C20H19N3O3S. The van der Waals surface area contributed by atoms with Crippen LogP contribution in [0.2, 0.25) is 0 Å². The summed E-state index contributed by atoms with van der Waals surface area (Å²) in [4.78, 5) is 18.5. The van der Waals surface area contributed by atoms with Gasteiger partial charge in [0.05, 0.1) is 7.11 Å². The molecule has 4 rings (SSSR count). The number of carbonyl (C=O) groups is 1. The Bertz CT molecular complexity index is 959. The van der Waals surface area contributed by atoms with Crippen molar-refractivity contribution in [2.45, 2.75) is 12.3 Å². The zero-order chi connectivity index (χ0) is 18.8. The molecular weight excluding hydrogens is 362 g/mol. The summed E-state index contributed by atoms with van der Waals surface area (Å²) < 4.78 is 11.3. The Kier molecular flexibility index (Phi) is 4.68. The van der Waals surface area contributed by atoms with Gasteiger partial charge >= 0.3 is 0 Å². The van der Waals surface area contributed by atoms with Gasteiger partial charge in [0.2, 0.25) is 5.91 Å². The van der Waals surface area contributed by atoms with Crippen molar-refractivity contribution in [3.8, 4) is 16.7 Å². The molecule has 0 radical (unpaired) electrons. The van der Waals surface area contributed by atoms with E-state index in [0.717, 1.165) is 11.3 Å². The van der Waals surface area contributed by atoms with Crippen molar-refractivity contribution in [2.75, 3.05) is 24.3 Å². The van der Waals surface area contributed by atoms with Gasteiger partial charge in [-0.1, -0.05) is 23.5 Å². The summed E-state index contributed by atoms with van der Waals surface area (Å²) in [7, 11) is 1.60. The zero-order valence-electron chi connectivity index (χ0n) is 14.8. The topological polar surface area (TPSA) is 77.7 Å². The molecule has 0 aliphatic carbocycles. The Balaban J connectivity index is 1.59. The van der Waals surface area contributed by atoms with Gasteiger partial charge in [0.25, 0.3) is 5.19 Å². The second-order valence-corrected chi connectivity index (χ2v) is 7.17. The van der Waals surface area contributed by atoms with Gasteiger partial charge in [-0.2, -0.15) is 0 Å². The number of nitrogen functional groups attached to an aromatic ring is 1. The number of benzene rings is 2. The molecule has 3 aromatic rings. The maximum atomic E-state index is 12.6. The Morgan fingerprint density at radius 2 is 2.11 bits per heavy atom. The summed E-state index contributed by atoms with van der Waals surface area (Å²) in [5.74, 6) is 1.39. The molecule has 2 aromatic carbocycles. The molecule has 1 aliphatic heterocycles. The normalized spacial score (nSPS) is 16.6. The average Bonchev–Trinajstić information content (AvgIpc) is 3.31. The van der Waals surface area contributed by atoms with Crippen molar-refractivity contribution in [1.29, 1.82) is 0 Å². The average molecular weight is 381 g/mol. The number of nitrogens with zero attached hydrogens (tertiary/aromatic N) is 2. The van der Waals surface area contributed by atoms with Crippen LogP contribution in [-0.2, 0) is 4.79 Å². The Hall–Kier alpha value is -3.06. The highest BCUT2D eigenvalue weighted by molar-refractivity contribution is 7.11. The maximum absolute atomic E-state index is 12.6. The van der Waals surface area contributed by atoms with Crippen molar-refractivity contribution in [3.63, 3.8) is 0 Å². The predicted molar refractivity (Wildman–Crippen MR) is 106 cm³/mol. The number of carbonyl (C=O) groups excluding carboxylic acids is 1. The number of aromatic nitrogens is 1. The van der Waals surface area contributed by atoms with Gasteiger partial charge < -0.3 is 20.1 Å². The van der Waals surface area contributed by atoms with Crippen LogP contribution in [0, 0.1) is 0 Å². The third-order valence-electron chi connectivity index (χ3n) is 4.57.